The number of aliphatic hydroxyl groups is 2. The summed E-state index contributed by atoms with van der Waals surface area (Å²) in [6.45, 7) is 1.73. The molecular weight excluding hydrogens is 252 g/mol. The highest BCUT2D eigenvalue weighted by Gasteiger charge is 2.42. The number of hydrogen-bond donors (Lipinski definition) is 2. The van der Waals surface area contributed by atoms with Crippen LogP contribution in [-0.2, 0) is 6.61 Å². The third kappa shape index (κ3) is 1.98. The summed E-state index contributed by atoms with van der Waals surface area (Å²) < 4.78 is 0. The van der Waals surface area contributed by atoms with Crippen LogP contribution in [0.15, 0.2) is 12.3 Å². The summed E-state index contributed by atoms with van der Waals surface area (Å²) >= 11 is 5.94. The van der Waals surface area contributed by atoms with Gasteiger partial charge in [-0.25, -0.2) is 4.98 Å². The van der Waals surface area contributed by atoms with Crippen molar-refractivity contribution in [3.8, 4) is 0 Å². The Bertz CT molecular complexity index is 455. The van der Waals surface area contributed by atoms with E-state index < -0.39 is 0 Å². The Morgan fingerprint density at radius 1 is 1.39 bits per heavy atom. The molecule has 1 saturated heterocycles. The lowest BCUT2D eigenvalue weighted by atomic mass is 10.00. The molecule has 2 heterocycles. The van der Waals surface area contributed by atoms with Gasteiger partial charge in [0.1, 0.15) is 5.82 Å². The van der Waals surface area contributed by atoms with Gasteiger partial charge in [0, 0.05) is 30.8 Å². The highest BCUT2D eigenvalue weighted by molar-refractivity contribution is 6.31. The zero-order valence-corrected chi connectivity index (χ0v) is 10.8. The van der Waals surface area contributed by atoms with E-state index in [9.17, 15) is 10.2 Å². The number of halogens is 1. The van der Waals surface area contributed by atoms with Gasteiger partial charge in [0.25, 0.3) is 0 Å². The van der Waals surface area contributed by atoms with Crippen molar-refractivity contribution in [3.63, 3.8) is 0 Å². The maximum absolute atomic E-state index is 9.90. The molecule has 1 aromatic rings. The van der Waals surface area contributed by atoms with E-state index in [2.05, 4.69) is 9.88 Å². The summed E-state index contributed by atoms with van der Waals surface area (Å²) in [6, 6.07) is 1.84. The molecule has 2 aliphatic rings. The van der Waals surface area contributed by atoms with E-state index in [0.29, 0.717) is 22.4 Å². The molecule has 0 aromatic carbocycles. The number of aliphatic hydroxyl groups excluding tert-OH is 2. The van der Waals surface area contributed by atoms with Crippen molar-refractivity contribution in [1.29, 1.82) is 0 Å². The molecule has 1 aliphatic carbocycles. The lowest BCUT2D eigenvalue weighted by molar-refractivity contribution is 0.133. The maximum atomic E-state index is 9.90. The molecule has 1 aliphatic heterocycles. The minimum atomic E-state index is -0.162. The second-order valence-corrected chi connectivity index (χ2v) is 5.67. The van der Waals surface area contributed by atoms with Gasteiger partial charge in [-0.15, -0.1) is 0 Å². The zero-order valence-electron chi connectivity index (χ0n) is 10.1. The lowest BCUT2D eigenvalue weighted by Gasteiger charge is -2.20. The minimum Gasteiger partial charge on any atom is -0.393 e. The molecule has 0 radical (unpaired) electrons. The van der Waals surface area contributed by atoms with Crippen LogP contribution < -0.4 is 4.90 Å². The molecule has 98 valence electrons. The van der Waals surface area contributed by atoms with Crippen LogP contribution in [0.3, 0.4) is 0 Å². The zero-order chi connectivity index (χ0) is 12.7. The highest BCUT2D eigenvalue weighted by Crippen LogP contribution is 2.39. The number of pyridine rings is 1. The van der Waals surface area contributed by atoms with Crippen molar-refractivity contribution in [2.75, 3.05) is 18.0 Å². The molecule has 0 amide bonds. The van der Waals surface area contributed by atoms with E-state index in [-0.39, 0.29) is 12.7 Å². The summed E-state index contributed by atoms with van der Waals surface area (Å²) in [4.78, 5) is 6.51. The summed E-state index contributed by atoms with van der Waals surface area (Å²) in [7, 11) is 0. The smallest absolute Gasteiger partial charge is 0.128 e. The standard InChI is InChI=1S/C13H17ClN2O2/c14-11-4-15-13(3-9(11)7-17)16-5-8-1-2-12(18)10(8)6-16/h3-4,8,10,12,17-18H,1-2,5-7H2. The second kappa shape index (κ2) is 4.68. The molecule has 1 aromatic heterocycles. The Balaban J connectivity index is 1.80. The third-order valence-corrected chi connectivity index (χ3v) is 4.57. The minimum absolute atomic E-state index is 0.0718. The summed E-state index contributed by atoms with van der Waals surface area (Å²) in [6.07, 6.45) is 3.46. The number of anilines is 1. The Labute approximate surface area is 111 Å². The Hall–Kier alpha value is -0.840. The van der Waals surface area contributed by atoms with E-state index in [4.69, 9.17) is 11.6 Å². The maximum Gasteiger partial charge on any atom is 0.128 e. The van der Waals surface area contributed by atoms with Crippen LogP contribution in [0.1, 0.15) is 18.4 Å². The third-order valence-electron chi connectivity index (χ3n) is 4.23. The topological polar surface area (TPSA) is 56.6 Å². The van der Waals surface area contributed by atoms with E-state index in [1.807, 2.05) is 6.07 Å². The van der Waals surface area contributed by atoms with Crippen molar-refractivity contribution >= 4 is 17.4 Å². The molecule has 3 atom stereocenters. The Morgan fingerprint density at radius 3 is 2.94 bits per heavy atom. The molecule has 0 spiro atoms. The van der Waals surface area contributed by atoms with Crippen molar-refractivity contribution in [2.24, 2.45) is 11.8 Å². The molecule has 3 rings (SSSR count). The molecule has 2 N–H and O–H groups in total. The van der Waals surface area contributed by atoms with Crippen molar-refractivity contribution in [3.05, 3.63) is 22.8 Å². The normalized spacial score (nSPS) is 30.8. The number of hydrogen-bond acceptors (Lipinski definition) is 4. The average Bonchev–Trinajstić information content (AvgIpc) is 2.93. The van der Waals surface area contributed by atoms with Crippen LogP contribution in [0.2, 0.25) is 5.02 Å². The Kier molecular flexibility index (Phi) is 3.18. The lowest BCUT2D eigenvalue weighted by Crippen LogP contribution is -2.25. The Morgan fingerprint density at radius 2 is 2.22 bits per heavy atom. The van der Waals surface area contributed by atoms with Crippen molar-refractivity contribution < 1.29 is 10.2 Å². The van der Waals surface area contributed by atoms with Gasteiger partial charge in [-0.2, -0.15) is 0 Å². The number of aromatic nitrogens is 1. The first kappa shape index (κ1) is 12.2. The van der Waals surface area contributed by atoms with Crippen LogP contribution >= 0.6 is 11.6 Å². The van der Waals surface area contributed by atoms with Gasteiger partial charge in [0.15, 0.2) is 0 Å². The molecule has 4 nitrogen and oxygen atoms in total. The number of rotatable bonds is 2. The second-order valence-electron chi connectivity index (χ2n) is 5.27. The first-order chi connectivity index (χ1) is 8.69. The average molecular weight is 269 g/mol. The molecule has 5 heteroatoms. The molecule has 1 saturated carbocycles. The van der Waals surface area contributed by atoms with Gasteiger partial charge in [0.05, 0.1) is 17.7 Å². The predicted octanol–water partition coefficient (Wildman–Crippen LogP) is 1.43. The molecule has 3 unspecified atom stereocenters. The van der Waals surface area contributed by atoms with Crippen LogP contribution in [0, 0.1) is 11.8 Å². The quantitative estimate of drug-likeness (QED) is 0.852. The summed E-state index contributed by atoms with van der Waals surface area (Å²) in [5.41, 5.74) is 0.708. The SMILES string of the molecule is OCc1cc(N2CC3CCC(O)C3C2)ncc1Cl. The van der Waals surface area contributed by atoms with E-state index >= 15 is 0 Å². The molecule has 2 fully saturated rings. The van der Waals surface area contributed by atoms with Crippen LogP contribution in [-0.4, -0.2) is 34.4 Å². The van der Waals surface area contributed by atoms with Crippen molar-refractivity contribution in [1.82, 2.24) is 4.98 Å². The highest BCUT2D eigenvalue weighted by atomic mass is 35.5. The number of nitrogens with zero attached hydrogens (tertiary/aromatic N) is 2. The monoisotopic (exact) mass is 268 g/mol. The van der Waals surface area contributed by atoms with E-state index in [1.165, 1.54) is 0 Å². The number of fused-ring (bicyclic) bond motifs is 1. The first-order valence-corrected chi connectivity index (χ1v) is 6.75. The molecule has 18 heavy (non-hydrogen) atoms. The van der Waals surface area contributed by atoms with Gasteiger partial charge in [-0.05, 0) is 24.8 Å². The predicted molar refractivity (Wildman–Crippen MR) is 69.6 cm³/mol. The fourth-order valence-corrected chi connectivity index (χ4v) is 3.35. The summed E-state index contributed by atoms with van der Waals surface area (Å²) in [5.74, 6) is 1.81. The van der Waals surface area contributed by atoms with Gasteiger partial charge in [-0.1, -0.05) is 11.6 Å². The first-order valence-electron chi connectivity index (χ1n) is 6.37. The van der Waals surface area contributed by atoms with Crippen molar-refractivity contribution in [2.45, 2.75) is 25.6 Å². The van der Waals surface area contributed by atoms with Crippen LogP contribution in [0.25, 0.3) is 0 Å². The molecule has 0 bridgehead atoms. The van der Waals surface area contributed by atoms with E-state index in [1.54, 1.807) is 6.20 Å². The molecular formula is C13H17ClN2O2. The van der Waals surface area contributed by atoms with Gasteiger partial charge >= 0.3 is 0 Å². The fraction of sp³-hybridized carbons (Fsp3) is 0.615. The summed E-state index contributed by atoms with van der Waals surface area (Å²) in [5, 5.41) is 19.6. The fourth-order valence-electron chi connectivity index (χ4n) is 3.19. The van der Waals surface area contributed by atoms with Gasteiger partial charge in [-0.3, -0.25) is 0 Å². The van der Waals surface area contributed by atoms with Crippen LogP contribution in [0.4, 0.5) is 5.82 Å². The van der Waals surface area contributed by atoms with Gasteiger partial charge < -0.3 is 15.1 Å². The van der Waals surface area contributed by atoms with Crippen LogP contribution in [0.5, 0.6) is 0 Å². The largest absolute Gasteiger partial charge is 0.393 e. The van der Waals surface area contributed by atoms with Gasteiger partial charge in [0.2, 0.25) is 0 Å². The van der Waals surface area contributed by atoms with E-state index in [0.717, 1.165) is 31.7 Å².